The molecule has 2 aromatic carbocycles. The van der Waals surface area contributed by atoms with Crippen LogP contribution in [0.4, 0.5) is 11.4 Å². The highest BCUT2D eigenvalue weighted by Gasteiger charge is 2.13. The molecule has 2 rings (SSSR count). The van der Waals surface area contributed by atoms with Crippen molar-refractivity contribution in [2.24, 2.45) is 0 Å². The number of rotatable bonds is 5. The second-order valence-electron chi connectivity index (χ2n) is 5.08. The summed E-state index contributed by atoms with van der Waals surface area (Å²) in [6.07, 6.45) is -0.346. The number of carbonyl (C=O) groups is 2. The first kappa shape index (κ1) is 18.1. The molecule has 0 atom stereocenters. The molecule has 7 heteroatoms. The first-order chi connectivity index (χ1) is 11.4. The van der Waals surface area contributed by atoms with E-state index < -0.39 is 11.8 Å². The molecule has 0 spiro atoms. The van der Waals surface area contributed by atoms with Crippen molar-refractivity contribution in [1.29, 1.82) is 0 Å². The molecular weight excluding hydrogens is 351 g/mol. The molecule has 0 bridgehead atoms. The number of hydrogen-bond acceptors (Lipinski definition) is 3. The Bertz CT molecular complexity index is 778. The number of anilines is 2. The zero-order valence-corrected chi connectivity index (χ0v) is 14.7. The molecule has 126 valence electrons. The van der Waals surface area contributed by atoms with Crippen LogP contribution in [-0.4, -0.2) is 18.9 Å². The van der Waals surface area contributed by atoms with Crippen LogP contribution >= 0.6 is 23.2 Å². The Balaban J connectivity index is 2.01. The number of ether oxygens (including phenoxy) is 1. The fraction of sp³-hybridized carbons (Fsp3) is 0.176. The smallest absolute Gasteiger partial charge is 0.233 e. The third-order valence-electron chi connectivity index (χ3n) is 3.23. The number of carbonyl (C=O) groups excluding carboxylic acids is 2. The molecule has 2 N–H and O–H groups in total. The number of hydrogen-bond donors (Lipinski definition) is 2. The van der Waals surface area contributed by atoms with Crippen molar-refractivity contribution in [3.05, 3.63) is 52.0 Å². The van der Waals surface area contributed by atoms with E-state index in [9.17, 15) is 9.59 Å². The number of nitrogens with one attached hydrogen (secondary N) is 2. The van der Waals surface area contributed by atoms with E-state index in [0.29, 0.717) is 27.2 Å². The lowest BCUT2D eigenvalue weighted by molar-refractivity contribution is -0.123. The normalized spacial score (nSPS) is 10.2. The van der Waals surface area contributed by atoms with Crippen molar-refractivity contribution in [1.82, 2.24) is 0 Å². The highest BCUT2D eigenvalue weighted by Crippen LogP contribution is 2.27. The number of methoxy groups -OCH3 is 1. The fourth-order valence-corrected chi connectivity index (χ4v) is 2.39. The topological polar surface area (TPSA) is 67.4 Å². The van der Waals surface area contributed by atoms with Crippen molar-refractivity contribution < 1.29 is 14.3 Å². The van der Waals surface area contributed by atoms with Gasteiger partial charge in [0.15, 0.2) is 0 Å². The quantitative estimate of drug-likeness (QED) is 0.776. The van der Waals surface area contributed by atoms with E-state index in [1.807, 2.05) is 6.92 Å². The SMILES string of the molecule is COc1ccc(Cl)cc1NC(=O)CC(=O)Nc1cc(Cl)ccc1C. The summed E-state index contributed by atoms with van der Waals surface area (Å²) in [4.78, 5) is 24.1. The van der Waals surface area contributed by atoms with E-state index in [1.54, 1.807) is 36.4 Å². The van der Waals surface area contributed by atoms with Crippen molar-refractivity contribution in [3.63, 3.8) is 0 Å². The third-order valence-corrected chi connectivity index (χ3v) is 3.70. The molecule has 2 amide bonds. The number of halogens is 2. The molecular formula is C17H16Cl2N2O3. The highest BCUT2D eigenvalue weighted by atomic mass is 35.5. The molecule has 0 aliphatic heterocycles. The van der Waals surface area contributed by atoms with Gasteiger partial charge < -0.3 is 15.4 Å². The Morgan fingerprint density at radius 3 is 2.12 bits per heavy atom. The minimum atomic E-state index is -0.479. The van der Waals surface area contributed by atoms with Gasteiger partial charge in [0.25, 0.3) is 0 Å². The number of benzene rings is 2. The molecule has 0 aliphatic carbocycles. The average molecular weight is 367 g/mol. The lowest BCUT2D eigenvalue weighted by Gasteiger charge is -2.11. The molecule has 0 heterocycles. The summed E-state index contributed by atoms with van der Waals surface area (Å²) >= 11 is 11.8. The second-order valence-corrected chi connectivity index (χ2v) is 5.95. The summed E-state index contributed by atoms with van der Waals surface area (Å²) < 4.78 is 5.14. The van der Waals surface area contributed by atoms with Gasteiger partial charge in [-0.05, 0) is 42.8 Å². The van der Waals surface area contributed by atoms with Gasteiger partial charge in [-0.15, -0.1) is 0 Å². The van der Waals surface area contributed by atoms with E-state index in [-0.39, 0.29) is 6.42 Å². The van der Waals surface area contributed by atoms with E-state index in [4.69, 9.17) is 27.9 Å². The predicted molar refractivity (Wildman–Crippen MR) is 96.1 cm³/mol. The maximum Gasteiger partial charge on any atom is 0.233 e. The molecule has 0 saturated heterocycles. The van der Waals surface area contributed by atoms with Gasteiger partial charge in [-0.1, -0.05) is 29.3 Å². The minimum Gasteiger partial charge on any atom is -0.495 e. The van der Waals surface area contributed by atoms with Crippen molar-refractivity contribution >= 4 is 46.4 Å². The van der Waals surface area contributed by atoms with E-state index in [1.165, 1.54) is 7.11 Å². The lowest BCUT2D eigenvalue weighted by atomic mass is 10.2. The molecule has 0 unspecified atom stereocenters. The van der Waals surface area contributed by atoms with Crippen molar-refractivity contribution in [3.8, 4) is 5.75 Å². The largest absolute Gasteiger partial charge is 0.495 e. The van der Waals surface area contributed by atoms with E-state index >= 15 is 0 Å². The van der Waals surface area contributed by atoms with Gasteiger partial charge in [-0.3, -0.25) is 9.59 Å². The maximum absolute atomic E-state index is 12.0. The molecule has 0 fully saturated rings. The molecule has 0 aliphatic rings. The summed E-state index contributed by atoms with van der Waals surface area (Å²) in [6.45, 7) is 1.84. The minimum absolute atomic E-state index is 0.346. The summed E-state index contributed by atoms with van der Waals surface area (Å²) in [5.41, 5.74) is 1.83. The standard InChI is InChI=1S/C17H16Cl2N2O3/c1-10-3-4-11(18)7-13(10)20-16(22)9-17(23)21-14-8-12(19)5-6-15(14)24-2/h3-8H,9H2,1-2H3,(H,20,22)(H,21,23). The third kappa shape index (κ3) is 4.88. The predicted octanol–water partition coefficient (Wildman–Crippen LogP) is 4.28. The monoisotopic (exact) mass is 366 g/mol. The summed E-state index contributed by atoms with van der Waals surface area (Å²) in [5, 5.41) is 6.23. The summed E-state index contributed by atoms with van der Waals surface area (Å²) in [5.74, 6) is -0.467. The lowest BCUT2D eigenvalue weighted by Crippen LogP contribution is -2.22. The van der Waals surface area contributed by atoms with Crippen molar-refractivity contribution in [2.45, 2.75) is 13.3 Å². The van der Waals surface area contributed by atoms with Crippen LogP contribution in [0.15, 0.2) is 36.4 Å². The Hall–Kier alpha value is -2.24. The second kappa shape index (κ2) is 8.04. The van der Waals surface area contributed by atoms with Crippen LogP contribution in [0.2, 0.25) is 10.0 Å². The van der Waals surface area contributed by atoms with Crippen LogP contribution in [0.25, 0.3) is 0 Å². The van der Waals surface area contributed by atoms with Crippen LogP contribution in [0, 0.1) is 6.92 Å². The van der Waals surface area contributed by atoms with Gasteiger partial charge in [-0.2, -0.15) is 0 Å². The van der Waals surface area contributed by atoms with Gasteiger partial charge in [0.2, 0.25) is 11.8 Å². The van der Waals surface area contributed by atoms with Gasteiger partial charge in [-0.25, -0.2) is 0 Å². The summed E-state index contributed by atoms with van der Waals surface area (Å²) in [6, 6.07) is 9.97. The maximum atomic E-state index is 12.0. The highest BCUT2D eigenvalue weighted by molar-refractivity contribution is 6.31. The fourth-order valence-electron chi connectivity index (χ4n) is 2.04. The number of aryl methyl sites for hydroxylation is 1. The van der Waals surface area contributed by atoms with Gasteiger partial charge in [0.1, 0.15) is 12.2 Å². The molecule has 5 nitrogen and oxygen atoms in total. The molecule has 2 aromatic rings. The van der Waals surface area contributed by atoms with E-state index in [2.05, 4.69) is 10.6 Å². The Morgan fingerprint density at radius 1 is 0.958 bits per heavy atom. The molecule has 0 saturated carbocycles. The van der Waals surface area contributed by atoms with Gasteiger partial charge in [0, 0.05) is 15.7 Å². The van der Waals surface area contributed by atoms with Crippen LogP contribution in [-0.2, 0) is 9.59 Å². The van der Waals surface area contributed by atoms with Crippen LogP contribution < -0.4 is 15.4 Å². The molecule has 0 aromatic heterocycles. The Morgan fingerprint density at radius 2 is 1.50 bits per heavy atom. The van der Waals surface area contributed by atoms with Crippen LogP contribution in [0.3, 0.4) is 0 Å². The summed E-state index contributed by atoms with van der Waals surface area (Å²) in [7, 11) is 1.48. The Kier molecular flexibility index (Phi) is 6.06. The van der Waals surface area contributed by atoms with Gasteiger partial charge in [0.05, 0.1) is 12.8 Å². The van der Waals surface area contributed by atoms with Crippen LogP contribution in [0.1, 0.15) is 12.0 Å². The average Bonchev–Trinajstić information content (AvgIpc) is 2.51. The molecule has 24 heavy (non-hydrogen) atoms. The van der Waals surface area contributed by atoms with Gasteiger partial charge >= 0.3 is 0 Å². The zero-order chi connectivity index (χ0) is 17.7. The van der Waals surface area contributed by atoms with Crippen molar-refractivity contribution in [2.75, 3.05) is 17.7 Å². The Labute approximate surface area is 149 Å². The van der Waals surface area contributed by atoms with E-state index in [0.717, 1.165) is 5.56 Å². The molecule has 0 radical (unpaired) electrons. The first-order valence-corrected chi connectivity index (χ1v) is 7.84. The zero-order valence-electron chi connectivity index (χ0n) is 13.2. The first-order valence-electron chi connectivity index (χ1n) is 7.08. The number of amides is 2. The van der Waals surface area contributed by atoms with Crippen LogP contribution in [0.5, 0.6) is 5.75 Å².